The SMILES string of the molecule is COC(=O)c1ccc(C(C)(O)c2cc(Cl)ccc2Cl)cc1. The summed E-state index contributed by atoms with van der Waals surface area (Å²) in [5.41, 5.74) is 0.187. The van der Waals surface area contributed by atoms with Gasteiger partial charge in [0.05, 0.1) is 12.7 Å². The summed E-state index contributed by atoms with van der Waals surface area (Å²) >= 11 is 12.1. The van der Waals surface area contributed by atoms with Gasteiger partial charge in [-0.15, -0.1) is 0 Å². The molecule has 110 valence electrons. The van der Waals surface area contributed by atoms with Gasteiger partial charge in [-0.2, -0.15) is 0 Å². The molecule has 0 saturated carbocycles. The summed E-state index contributed by atoms with van der Waals surface area (Å²) in [5, 5.41) is 11.7. The molecule has 0 bridgehead atoms. The number of methoxy groups -OCH3 is 1. The predicted octanol–water partition coefficient (Wildman–Crippen LogP) is 4.04. The van der Waals surface area contributed by atoms with E-state index in [1.165, 1.54) is 7.11 Å². The Labute approximate surface area is 133 Å². The van der Waals surface area contributed by atoms with Crippen LogP contribution in [-0.4, -0.2) is 18.2 Å². The fourth-order valence-electron chi connectivity index (χ4n) is 2.07. The van der Waals surface area contributed by atoms with Crippen LogP contribution in [0.5, 0.6) is 0 Å². The first-order chi connectivity index (χ1) is 9.86. The van der Waals surface area contributed by atoms with Gasteiger partial charge in [-0.05, 0) is 42.8 Å². The number of carbonyl (C=O) groups excluding carboxylic acids is 1. The minimum atomic E-state index is -1.32. The largest absolute Gasteiger partial charge is 0.465 e. The van der Waals surface area contributed by atoms with Gasteiger partial charge < -0.3 is 9.84 Å². The van der Waals surface area contributed by atoms with Crippen LogP contribution in [0.3, 0.4) is 0 Å². The molecule has 0 radical (unpaired) electrons. The number of hydrogen-bond acceptors (Lipinski definition) is 3. The van der Waals surface area contributed by atoms with E-state index >= 15 is 0 Å². The minimum Gasteiger partial charge on any atom is -0.465 e. The maximum atomic E-state index is 11.4. The molecule has 5 heteroatoms. The maximum absolute atomic E-state index is 11.4. The third-order valence-electron chi connectivity index (χ3n) is 3.32. The van der Waals surface area contributed by atoms with Gasteiger partial charge >= 0.3 is 5.97 Å². The lowest BCUT2D eigenvalue weighted by Gasteiger charge is -2.26. The third-order valence-corrected chi connectivity index (χ3v) is 3.89. The average molecular weight is 325 g/mol. The first-order valence-corrected chi connectivity index (χ1v) is 6.98. The molecule has 0 spiro atoms. The molecule has 21 heavy (non-hydrogen) atoms. The van der Waals surface area contributed by atoms with E-state index in [1.54, 1.807) is 49.4 Å². The second-order valence-electron chi connectivity index (χ2n) is 4.77. The lowest BCUT2D eigenvalue weighted by Crippen LogP contribution is -2.23. The summed E-state index contributed by atoms with van der Waals surface area (Å²) < 4.78 is 4.64. The van der Waals surface area contributed by atoms with Gasteiger partial charge in [-0.25, -0.2) is 4.79 Å². The van der Waals surface area contributed by atoms with Crippen LogP contribution >= 0.6 is 23.2 Å². The molecule has 0 heterocycles. The van der Waals surface area contributed by atoms with Crippen LogP contribution in [0.4, 0.5) is 0 Å². The van der Waals surface area contributed by atoms with Crippen molar-refractivity contribution in [3.63, 3.8) is 0 Å². The molecular weight excluding hydrogens is 311 g/mol. The summed E-state index contributed by atoms with van der Waals surface area (Å²) in [7, 11) is 1.32. The van der Waals surface area contributed by atoms with Gasteiger partial charge in [0, 0.05) is 15.6 Å². The first kappa shape index (κ1) is 15.8. The molecule has 0 fully saturated rings. The smallest absolute Gasteiger partial charge is 0.337 e. The Bertz CT molecular complexity index is 664. The van der Waals surface area contributed by atoms with Gasteiger partial charge in [-0.1, -0.05) is 35.3 Å². The van der Waals surface area contributed by atoms with Crippen LogP contribution in [0.15, 0.2) is 42.5 Å². The number of ether oxygens (including phenoxy) is 1. The minimum absolute atomic E-state index is 0.411. The third kappa shape index (κ3) is 3.21. The number of aliphatic hydroxyl groups is 1. The van der Waals surface area contributed by atoms with E-state index in [1.807, 2.05) is 0 Å². The summed E-state index contributed by atoms with van der Waals surface area (Å²) in [4.78, 5) is 11.4. The Morgan fingerprint density at radius 3 is 2.33 bits per heavy atom. The molecule has 0 saturated heterocycles. The lowest BCUT2D eigenvalue weighted by molar-refractivity contribution is 0.0600. The number of carbonyl (C=O) groups is 1. The second kappa shape index (κ2) is 6.06. The van der Waals surface area contributed by atoms with Gasteiger partial charge in [0.25, 0.3) is 0 Å². The molecule has 3 nitrogen and oxygen atoms in total. The topological polar surface area (TPSA) is 46.5 Å². The second-order valence-corrected chi connectivity index (χ2v) is 5.61. The Morgan fingerprint density at radius 2 is 1.76 bits per heavy atom. The standard InChI is InChI=1S/C16H14Cl2O3/c1-16(20,13-9-12(17)7-8-14(13)18)11-5-3-10(4-6-11)15(19)21-2/h3-9,20H,1-2H3. The normalized spacial score (nSPS) is 13.6. The van der Waals surface area contributed by atoms with E-state index < -0.39 is 11.6 Å². The number of halogens is 2. The maximum Gasteiger partial charge on any atom is 0.337 e. The molecule has 0 aliphatic carbocycles. The summed E-state index contributed by atoms with van der Waals surface area (Å²) in [6.07, 6.45) is 0. The van der Waals surface area contributed by atoms with Crippen molar-refractivity contribution in [3.8, 4) is 0 Å². The monoisotopic (exact) mass is 324 g/mol. The fraction of sp³-hybridized carbons (Fsp3) is 0.188. The molecule has 0 aliphatic rings. The van der Waals surface area contributed by atoms with Crippen LogP contribution in [0.25, 0.3) is 0 Å². The van der Waals surface area contributed by atoms with Crippen molar-refractivity contribution in [1.29, 1.82) is 0 Å². The van der Waals surface area contributed by atoms with E-state index in [4.69, 9.17) is 23.2 Å². The zero-order valence-corrected chi connectivity index (χ0v) is 13.1. The molecule has 1 N–H and O–H groups in total. The highest BCUT2D eigenvalue weighted by atomic mass is 35.5. The highest BCUT2D eigenvalue weighted by Gasteiger charge is 2.28. The van der Waals surface area contributed by atoms with E-state index in [0.717, 1.165) is 0 Å². The zero-order chi connectivity index (χ0) is 15.6. The Morgan fingerprint density at radius 1 is 1.14 bits per heavy atom. The molecule has 0 aromatic heterocycles. The highest BCUT2D eigenvalue weighted by Crippen LogP contribution is 2.35. The lowest BCUT2D eigenvalue weighted by atomic mass is 9.88. The quantitative estimate of drug-likeness (QED) is 0.867. The van der Waals surface area contributed by atoms with Crippen molar-refractivity contribution in [2.24, 2.45) is 0 Å². The molecule has 0 amide bonds. The van der Waals surface area contributed by atoms with Crippen LogP contribution in [-0.2, 0) is 10.3 Å². The molecule has 0 aliphatic heterocycles. The highest BCUT2D eigenvalue weighted by molar-refractivity contribution is 6.33. The number of benzene rings is 2. The Hall–Kier alpha value is -1.55. The Kier molecular flexibility index (Phi) is 4.57. The summed E-state index contributed by atoms with van der Waals surface area (Å²) in [5.74, 6) is -0.429. The number of hydrogen-bond donors (Lipinski definition) is 1. The van der Waals surface area contributed by atoms with Crippen LogP contribution in [0.1, 0.15) is 28.4 Å². The van der Waals surface area contributed by atoms with Crippen molar-refractivity contribution >= 4 is 29.2 Å². The van der Waals surface area contributed by atoms with Crippen LogP contribution in [0.2, 0.25) is 10.0 Å². The molecular formula is C16H14Cl2O3. The van der Waals surface area contributed by atoms with Crippen LogP contribution < -0.4 is 0 Å². The van der Waals surface area contributed by atoms with Gasteiger partial charge in [-0.3, -0.25) is 0 Å². The molecule has 2 aromatic rings. The van der Waals surface area contributed by atoms with Gasteiger partial charge in [0.15, 0.2) is 0 Å². The van der Waals surface area contributed by atoms with Crippen molar-refractivity contribution in [2.75, 3.05) is 7.11 Å². The fourth-order valence-corrected chi connectivity index (χ4v) is 2.55. The van der Waals surface area contributed by atoms with Gasteiger partial charge in [0.2, 0.25) is 0 Å². The molecule has 1 atom stereocenters. The van der Waals surface area contributed by atoms with Crippen molar-refractivity contribution in [3.05, 3.63) is 69.2 Å². The molecule has 2 aromatic carbocycles. The van der Waals surface area contributed by atoms with E-state index in [2.05, 4.69) is 4.74 Å². The zero-order valence-electron chi connectivity index (χ0n) is 11.6. The summed E-state index contributed by atoms with van der Waals surface area (Å²) in [6, 6.07) is 11.4. The predicted molar refractivity (Wildman–Crippen MR) is 82.9 cm³/mol. The number of rotatable bonds is 3. The van der Waals surface area contributed by atoms with E-state index in [9.17, 15) is 9.90 Å². The molecule has 2 rings (SSSR count). The van der Waals surface area contributed by atoms with Crippen molar-refractivity contribution in [2.45, 2.75) is 12.5 Å². The van der Waals surface area contributed by atoms with Gasteiger partial charge in [0.1, 0.15) is 5.60 Å². The van der Waals surface area contributed by atoms with Crippen molar-refractivity contribution < 1.29 is 14.6 Å². The van der Waals surface area contributed by atoms with E-state index in [0.29, 0.717) is 26.7 Å². The first-order valence-electron chi connectivity index (χ1n) is 6.23. The Balaban J connectivity index is 2.43. The van der Waals surface area contributed by atoms with E-state index in [-0.39, 0.29) is 0 Å². The number of esters is 1. The van der Waals surface area contributed by atoms with Crippen molar-refractivity contribution in [1.82, 2.24) is 0 Å². The van der Waals surface area contributed by atoms with Crippen LogP contribution in [0, 0.1) is 0 Å². The molecule has 1 unspecified atom stereocenters. The summed E-state index contributed by atoms with van der Waals surface area (Å²) in [6.45, 7) is 1.62. The average Bonchev–Trinajstić information content (AvgIpc) is 2.49.